The van der Waals surface area contributed by atoms with E-state index in [1.165, 1.54) is 27.8 Å². The molecule has 3 aliphatic rings. The second-order valence-electron chi connectivity index (χ2n) is 19.7. The van der Waals surface area contributed by atoms with Gasteiger partial charge in [-0.25, -0.2) is 9.97 Å². The maximum Gasteiger partial charge on any atom is 0.306 e. The van der Waals surface area contributed by atoms with Crippen molar-refractivity contribution in [2.24, 2.45) is 11.7 Å². The van der Waals surface area contributed by atoms with Crippen LogP contribution in [0.5, 0.6) is 0 Å². The number of carbonyl (C=O) groups excluding carboxylic acids is 2. The molecule has 3 aliphatic carbocycles. The van der Waals surface area contributed by atoms with Crippen LogP contribution < -0.4 is 11.1 Å². The number of hydrogen-bond acceptors (Lipinski definition) is 7. The first-order valence-electron chi connectivity index (χ1n) is 26.2. The van der Waals surface area contributed by atoms with Crippen molar-refractivity contribution in [2.45, 2.75) is 56.7 Å². The number of fused-ring (bicyclic) bond motifs is 5. The summed E-state index contributed by atoms with van der Waals surface area (Å²) in [6, 6.07) is 62.8. The number of H-pyrrole nitrogens is 2. The number of nitrogens with one attached hydrogen (secondary N) is 3. The molecule has 3 radical (unpaired) electrons. The van der Waals surface area contributed by atoms with Crippen LogP contribution in [-0.4, -0.2) is 53.4 Å². The molecule has 0 fully saturated rings. The Morgan fingerprint density at radius 3 is 1.64 bits per heavy atom. The van der Waals surface area contributed by atoms with E-state index in [2.05, 4.69) is 111 Å². The number of hydrogen-bond donors (Lipinski definition) is 4. The minimum Gasteiger partial charge on any atom is -0.465 e. The van der Waals surface area contributed by atoms with Crippen molar-refractivity contribution in [3.63, 3.8) is 0 Å². The van der Waals surface area contributed by atoms with Crippen LogP contribution in [-0.2, 0) is 38.5 Å². The molecule has 12 heteroatoms. The summed E-state index contributed by atoms with van der Waals surface area (Å²) >= 11 is 0. The lowest BCUT2D eigenvalue weighted by molar-refractivity contribution is -0.148. The summed E-state index contributed by atoms with van der Waals surface area (Å²) < 4.78 is 12.1. The van der Waals surface area contributed by atoms with E-state index in [4.69, 9.17) is 20.2 Å². The maximum atomic E-state index is 14.3. The first-order valence-corrected chi connectivity index (χ1v) is 26.2. The Balaban J connectivity index is 0.000000247. The Hall–Kier alpha value is -8.71. The molecule has 78 heavy (non-hydrogen) atoms. The highest BCUT2D eigenvalue weighted by Gasteiger charge is 2.32. The molecular weight excluding hydrogens is 971 g/mol. The Labute approximate surface area is 456 Å². The van der Waals surface area contributed by atoms with Crippen molar-refractivity contribution in [1.29, 1.82) is 0 Å². The van der Waals surface area contributed by atoms with E-state index in [0.29, 0.717) is 18.9 Å². The van der Waals surface area contributed by atoms with Crippen LogP contribution in [0, 0.1) is 5.92 Å². The molecule has 0 bridgehead atoms. The number of carbonyl (C=O) groups is 2. The molecule has 0 saturated carbocycles. The summed E-state index contributed by atoms with van der Waals surface area (Å²) in [4.78, 5) is 44.0. The average Bonchev–Trinajstić information content (AvgIpc) is 4.35. The van der Waals surface area contributed by atoms with Gasteiger partial charge < -0.3 is 30.5 Å². The molecular formula is C66H61BFN6O4. The van der Waals surface area contributed by atoms with Gasteiger partial charge in [-0.05, 0) is 91.6 Å². The molecule has 2 aromatic heterocycles. The monoisotopic (exact) mass is 1030 g/mol. The lowest BCUT2D eigenvalue weighted by Crippen LogP contribution is -2.38. The van der Waals surface area contributed by atoms with Gasteiger partial charge in [0.05, 0.1) is 61.4 Å². The van der Waals surface area contributed by atoms with E-state index in [1.54, 1.807) is 6.20 Å². The molecule has 0 saturated heterocycles. The summed E-state index contributed by atoms with van der Waals surface area (Å²) in [6.45, 7) is 0.564. The van der Waals surface area contributed by atoms with Gasteiger partial charge in [-0.2, -0.15) is 0 Å². The number of rotatable bonds is 18. The normalized spacial score (nSPS) is 13.8. The Morgan fingerprint density at radius 1 is 0.590 bits per heavy atom. The van der Waals surface area contributed by atoms with Crippen molar-refractivity contribution >= 4 is 31.4 Å². The second-order valence-corrected chi connectivity index (χ2v) is 19.7. The zero-order valence-electron chi connectivity index (χ0n) is 43.3. The van der Waals surface area contributed by atoms with Crippen LogP contribution in [0.3, 0.4) is 0 Å². The number of ether oxygens (including phenoxy) is 2. The van der Waals surface area contributed by atoms with Crippen molar-refractivity contribution in [2.75, 3.05) is 13.2 Å². The standard InChI is InChI=1S/C46H41N3O4.C20H19N3.B.FH/c50-44(53-30-41-39-21-11-9-19-37(39)38-20-10-12-22-40(38)41)26-35(29-52-28-31-13-3-1-4-14-31)46(51)49-42(25-34-24-23-32-15-7-8-18-36(32)34)45-47-27-43(48-45)33-16-5-2-6-17-33;21-18(12-16-11-10-14-6-4-5-9-17(14)16)20-22-13-19(23-20)15-7-2-1-3-8-15;;/h1-22,24,27,35,41-42H,23,25-26,28-30H2,(H,47,48)(H,49,51);1-9,11,13,18H,10,12,21H2,(H,22,23);;1H/t35-,42-;18-;;/m11../s1. The predicted molar refractivity (Wildman–Crippen MR) is 308 cm³/mol. The van der Waals surface area contributed by atoms with Gasteiger partial charge in [0.25, 0.3) is 0 Å². The smallest absolute Gasteiger partial charge is 0.306 e. The molecule has 1 amide bonds. The molecule has 0 spiro atoms. The number of allylic oxidation sites excluding steroid dienone is 2. The van der Waals surface area contributed by atoms with Gasteiger partial charge in [0.1, 0.15) is 18.3 Å². The number of amides is 1. The van der Waals surface area contributed by atoms with Gasteiger partial charge in [-0.1, -0.05) is 200 Å². The number of esters is 1. The van der Waals surface area contributed by atoms with E-state index in [9.17, 15) is 9.59 Å². The quantitative estimate of drug-likeness (QED) is 0.0494. The average molecular weight is 1030 g/mol. The summed E-state index contributed by atoms with van der Waals surface area (Å²) in [7, 11) is 0. The fraction of sp³-hybridized carbons (Fsp3) is 0.182. The van der Waals surface area contributed by atoms with E-state index in [0.717, 1.165) is 81.0 Å². The fourth-order valence-corrected chi connectivity index (χ4v) is 10.7. The van der Waals surface area contributed by atoms with Gasteiger partial charge >= 0.3 is 5.97 Å². The van der Waals surface area contributed by atoms with Crippen molar-refractivity contribution in [3.8, 4) is 33.6 Å². The Morgan fingerprint density at radius 2 is 1.06 bits per heavy atom. The maximum absolute atomic E-state index is 14.3. The first-order chi connectivity index (χ1) is 37.4. The fourth-order valence-electron chi connectivity index (χ4n) is 10.7. The highest BCUT2D eigenvalue weighted by Crippen LogP contribution is 2.45. The highest BCUT2D eigenvalue weighted by atomic mass is 19.0. The molecule has 2 heterocycles. The minimum atomic E-state index is -0.787. The zero-order valence-corrected chi connectivity index (χ0v) is 43.3. The number of nitrogens with zero attached hydrogens (tertiary/aromatic N) is 2. The first kappa shape index (κ1) is 54.1. The third kappa shape index (κ3) is 12.4. The molecule has 0 unspecified atom stereocenters. The topological polar surface area (TPSA) is 148 Å². The van der Waals surface area contributed by atoms with Crippen molar-refractivity contribution < 1.29 is 23.8 Å². The number of halogens is 1. The molecule has 10 nitrogen and oxygen atoms in total. The lowest BCUT2D eigenvalue weighted by Gasteiger charge is -2.23. The van der Waals surface area contributed by atoms with Crippen molar-refractivity contribution in [1.82, 2.24) is 25.3 Å². The van der Waals surface area contributed by atoms with Crippen LogP contribution in [0.2, 0.25) is 0 Å². The van der Waals surface area contributed by atoms with E-state index in [1.807, 2.05) is 115 Å². The number of aromatic amines is 2. The molecule has 7 aromatic carbocycles. The van der Waals surface area contributed by atoms with Gasteiger partial charge in [-0.15, -0.1) is 0 Å². The van der Waals surface area contributed by atoms with Crippen LogP contribution in [0.25, 0.3) is 44.8 Å². The van der Waals surface area contributed by atoms with Gasteiger partial charge in [0, 0.05) is 20.8 Å². The molecule has 389 valence electrons. The lowest BCUT2D eigenvalue weighted by atomic mass is 9.97. The van der Waals surface area contributed by atoms with Crippen LogP contribution in [0.15, 0.2) is 213 Å². The van der Waals surface area contributed by atoms with Gasteiger partial charge in [0.2, 0.25) is 5.91 Å². The van der Waals surface area contributed by atoms with E-state index < -0.39 is 17.9 Å². The summed E-state index contributed by atoms with van der Waals surface area (Å²) in [5.74, 6) is -0.102. The summed E-state index contributed by atoms with van der Waals surface area (Å²) in [6.07, 6.45) is 11.2. The number of aromatic nitrogens is 4. The predicted octanol–water partition coefficient (Wildman–Crippen LogP) is 12.7. The molecule has 0 aliphatic heterocycles. The minimum absolute atomic E-state index is 0. The zero-order chi connectivity index (χ0) is 51.6. The summed E-state index contributed by atoms with van der Waals surface area (Å²) in [5.41, 5.74) is 23.6. The van der Waals surface area contributed by atoms with Gasteiger partial charge in [-0.3, -0.25) is 14.3 Å². The van der Waals surface area contributed by atoms with E-state index >= 15 is 0 Å². The van der Waals surface area contributed by atoms with Crippen LogP contribution in [0.1, 0.15) is 87.9 Å². The SMILES string of the molecule is F.N[C@H](CC1=CCc2ccccc21)c1ncc(-c2ccccc2)[nH]1.O=C(C[C@H](COCc1ccccc1)C(=O)N[C@H](CC1=CCc2ccccc21)c1ncc(-c2ccccc2)[nH]1)OCC1c2ccccc2-c2ccccc21.[B]. The largest absolute Gasteiger partial charge is 0.465 e. The third-order valence-corrected chi connectivity index (χ3v) is 14.7. The van der Waals surface area contributed by atoms with Crippen LogP contribution >= 0.6 is 0 Å². The summed E-state index contributed by atoms with van der Waals surface area (Å²) in [5, 5.41) is 3.27. The van der Waals surface area contributed by atoms with Crippen LogP contribution in [0.4, 0.5) is 4.70 Å². The Bertz CT molecular complexity index is 3480. The second kappa shape index (κ2) is 25.4. The molecule has 12 rings (SSSR count). The molecule has 5 N–H and O–H groups in total. The number of imidazole rings is 2. The Kier molecular flexibility index (Phi) is 17.6. The van der Waals surface area contributed by atoms with Crippen molar-refractivity contribution in [3.05, 3.63) is 263 Å². The number of nitrogens with two attached hydrogens (primary N) is 1. The number of benzene rings is 7. The molecule has 3 atom stereocenters. The molecule has 9 aromatic rings. The third-order valence-electron chi connectivity index (χ3n) is 14.7. The van der Waals surface area contributed by atoms with Gasteiger partial charge in [0.15, 0.2) is 0 Å². The highest BCUT2D eigenvalue weighted by molar-refractivity contribution is 5.85. The van der Waals surface area contributed by atoms with E-state index in [-0.39, 0.29) is 50.6 Å².